The van der Waals surface area contributed by atoms with E-state index in [1.54, 1.807) is 0 Å². The van der Waals surface area contributed by atoms with E-state index in [1.165, 1.54) is 12.8 Å². The number of rotatable bonds is 8. The molecule has 0 bridgehead atoms. The van der Waals surface area contributed by atoms with Crippen LogP contribution >= 0.6 is 0 Å². The molecule has 2 nitrogen and oxygen atoms in total. The summed E-state index contributed by atoms with van der Waals surface area (Å²) in [6.07, 6.45) is 3.51. The predicted octanol–water partition coefficient (Wildman–Crippen LogP) is 2.95. The van der Waals surface area contributed by atoms with E-state index in [-0.39, 0.29) is 5.41 Å². The zero-order chi connectivity index (χ0) is 12.6. The summed E-state index contributed by atoms with van der Waals surface area (Å²) in [4.78, 5) is 0. The standard InChI is InChI=1S/C13H29NOS/c1-6-8-9-10-16(15)11-12(14-7-2)13(3,4)5/h12,14H,6-11H2,1-5H3. The quantitative estimate of drug-likeness (QED) is 0.668. The molecule has 2 unspecified atom stereocenters. The molecular formula is C13H29NOS. The Labute approximate surface area is 104 Å². The normalized spacial score (nSPS) is 16.1. The first-order valence-electron chi connectivity index (χ1n) is 6.50. The lowest BCUT2D eigenvalue weighted by Gasteiger charge is -2.31. The van der Waals surface area contributed by atoms with Crippen molar-refractivity contribution in [1.82, 2.24) is 5.32 Å². The van der Waals surface area contributed by atoms with Crippen molar-refractivity contribution in [3.05, 3.63) is 0 Å². The molecule has 2 atom stereocenters. The fourth-order valence-corrected chi connectivity index (χ4v) is 3.33. The average Bonchev–Trinajstić information content (AvgIpc) is 2.16. The highest BCUT2D eigenvalue weighted by Gasteiger charge is 2.25. The van der Waals surface area contributed by atoms with Gasteiger partial charge in [-0.2, -0.15) is 0 Å². The highest BCUT2D eigenvalue weighted by Crippen LogP contribution is 2.20. The Bertz CT molecular complexity index is 199. The van der Waals surface area contributed by atoms with Crippen molar-refractivity contribution < 1.29 is 4.21 Å². The van der Waals surface area contributed by atoms with E-state index >= 15 is 0 Å². The molecule has 0 fully saturated rings. The van der Waals surface area contributed by atoms with E-state index < -0.39 is 10.8 Å². The van der Waals surface area contributed by atoms with Gasteiger partial charge < -0.3 is 5.32 Å². The van der Waals surface area contributed by atoms with E-state index in [2.05, 4.69) is 39.9 Å². The first-order chi connectivity index (χ1) is 7.41. The topological polar surface area (TPSA) is 29.1 Å². The van der Waals surface area contributed by atoms with Crippen LogP contribution in [0.3, 0.4) is 0 Å². The Balaban J connectivity index is 4.04. The summed E-state index contributed by atoms with van der Waals surface area (Å²) in [5.41, 5.74) is 0.191. The van der Waals surface area contributed by atoms with E-state index in [0.717, 1.165) is 24.5 Å². The molecule has 0 spiro atoms. The maximum atomic E-state index is 11.9. The van der Waals surface area contributed by atoms with Gasteiger partial charge in [0.15, 0.2) is 0 Å². The molecule has 1 N–H and O–H groups in total. The molecule has 98 valence electrons. The second-order valence-corrected chi connectivity index (χ2v) is 7.12. The Kier molecular flexibility index (Phi) is 8.29. The summed E-state index contributed by atoms with van der Waals surface area (Å²) < 4.78 is 11.9. The number of hydrogen-bond acceptors (Lipinski definition) is 2. The predicted molar refractivity (Wildman–Crippen MR) is 74.3 cm³/mol. The van der Waals surface area contributed by atoms with Gasteiger partial charge in [0.2, 0.25) is 0 Å². The van der Waals surface area contributed by atoms with Gasteiger partial charge in [0, 0.05) is 28.3 Å². The molecule has 0 aromatic rings. The molecule has 0 aliphatic rings. The largest absolute Gasteiger partial charge is 0.313 e. The highest BCUT2D eigenvalue weighted by atomic mass is 32.2. The summed E-state index contributed by atoms with van der Waals surface area (Å²) in [5, 5.41) is 3.45. The van der Waals surface area contributed by atoms with Crippen LogP contribution in [-0.2, 0) is 10.8 Å². The maximum absolute atomic E-state index is 11.9. The van der Waals surface area contributed by atoms with Crippen molar-refractivity contribution in [1.29, 1.82) is 0 Å². The molecule has 0 saturated carbocycles. The van der Waals surface area contributed by atoms with Crippen molar-refractivity contribution in [3.8, 4) is 0 Å². The first-order valence-corrected chi connectivity index (χ1v) is 7.99. The zero-order valence-electron chi connectivity index (χ0n) is 11.6. The van der Waals surface area contributed by atoms with Gasteiger partial charge in [0.1, 0.15) is 0 Å². The molecule has 0 amide bonds. The van der Waals surface area contributed by atoms with Crippen LogP contribution in [0.2, 0.25) is 0 Å². The van der Waals surface area contributed by atoms with Crippen LogP contribution in [0.4, 0.5) is 0 Å². The number of unbranched alkanes of at least 4 members (excludes halogenated alkanes) is 2. The van der Waals surface area contributed by atoms with E-state index in [0.29, 0.717) is 6.04 Å². The Morgan fingerprint density at radius 2 is 1.81 bits per heavy atom. The van der Waals surface area contributed by atoms with Gasteiger partial charge in [-0.1, -0.05) is 47.5 Å². The lowest BCUT2D eigenvalue weighted by molar-refractivity contribution is 0.294. The van der Waals surface area contributed by atoms with Crippen LogP contribution in [0.5, 0.6) is 0 Å². The van der Waals surface area contributed by atoms with Gasteiger partial charge in [-0.05, 0) is 18.4 Å². The zero-order valence-corrected chi connectivity index (χ0v) is 12.5. The second kappa shape index (κ2) is 8.24. The van der Waals surface area contributed by atoms with Crippen molar-refractivity contribution in [2.75, 3.05) is 18.1 Å². The molecule has 0 saturated heterocycles. The van der Waals surface area contributed by atoms with Gasteiger partial charge in [-0.15, -0.1) is 0 Å². The van der Waals surface area contributed by atoms with Gasteiger partial charge in [0.25, 0.3) is 0 Å². The number of hydrogen-bond donors (Lipinski definition) is 1. The number of nitrogens with one attached hydrogen (secondary N) is 1. The smallest absolute Gasteiger partial charge is 0.0393 e. The molecule has 0 radical (unpaired) electrons. The monoisotopic (exact) mass is 247 g/mol. The Morgan fingerprint density at radius 3 is 2.25 bits per heavy atom. The maximum Gasteiger partial charge on any atom is 0.0393 e. The Hall–Kier alpha value is 0.110. The third-order valence-electron chi connectivity index (χ3n) is 2.82. The molecular weight excluding hydrogens is 218 g/mol. The van der Waals surface area contributed by atoms with Gasteiger partial charge in [0.05, 0.1) is 0 Å². The van der Waals surface area contributed by atoms with Crippen LogP contribution in [-0.4, -0.2) is 28.3 Å². The summed E-state index contributed by atoms with van der Waals surface area (Å²) in [7, 11) is -0.662. The van der Waals surface area contributed by atoms with Crippen LogP contribution in [0.15, 0.2) is 0 Å². The van der Waals surface area contributed by atoms with Crippen LogP contribution in [0.1, 0.15) is 53.9 Å². The van der Waals surface area contributed by atoms with Gasteiger partial charge in [-0.3, -0.25) is 4.21 Å². The SMILES string of the molecule is CCCCCS(=O)CC(NCC)C(C)(C)C. The van der Waals surface area contributed by atoms with E-state index in [4.69, 9.17) is 0 Å². The molecule has 0 aliphatic heterocycles. The fourth-order valence-electron chi connectivity index (χ4n) is 1.64. The molecule has 0 aromatic heterocycles. The molecule has 0 rings (SSSR count). The molecule has 3 heteroatoms. The van der Waals surface area contributed by atoms with Gasteiger partial charge >= 0.3 is 0 Å². The van der Waals surface area contributed by atoms with E-state index in [9.17, 15) is 4.21 Å². The first kappa shape index (κ1) is 16.1. The average molecular weight is 247 g/mol. The summed E-state index contributed by atoms with van der Waals surface area (Å²) in [5.74, 6) is 1.66. The van der Waals surface area contributed by atoms with Crippen LogP contribution < -0.4 is 5.32 Å². The third kappa shape index (κ3) is 7.39. The molecule has 0 aliphatic carbocycles. The van der Waals surface area contributed by atoms with Crippen molar-refractivity contribution >= 4 is 10.8 Å². The lowest BCUT2D eigenvalue weighted by Crippen LogP contribution is -2.44. The Morgan fingerprint density at radius 1 is 1.19 bits per heavy atom. The summed E-state index contributed by atoms with van der Waals surface area (Å²) >= 11 is 0. The molecule has 0 aromatic carbocycles. The van der Waals surface area contributed by atoms with E-state index in [1.807, 2.05) is 0 Å². The minimum absolute atomic E-state index is 0.191. The molecule has 16 heavy (non-hydrogen) atoms. The van der Waals surface area contributed by atoms with Crippen LogP contribution in [0.25, 0.3) is 0 Å². The minimum Gasteiger partial charge on any atom is -0.313 e. The minimum atomic E-state index is -0.662. The fraction of sp³-hybridized carbons (Fsp3) is 1.00. The third-order valence-corrected chi connectivity index (χ3v) is 4.27. The van der Waals surface area contributed by atoms with Crippen LogP contribution in [0, 0.1) is 5.41 Å². The van der Waals surface area contributed by atoms with Crippen molar-refractivity contribution in [3.63, 3.8) is 0 Å². The van der Waals surface area contributed by atoms with Crippen molar-refractivity contribution in [2.45, 2.75) is 59.9 Å². The highest BCUT2D eigenvalue weighted by molar-refractivity contribution is 7.85. The molecule has 0 heterocycles. The lowest BCUT2D eigenvalue weighted by atomic mass is 9.88. The summed E-state index contributed by atoms with van der Waals surface area (Å²) in [6, 6.07) is 0.361. The summed E-state index contributed by atoms with van der Waals surface area (Å²) in [6.45, 7) is 11.9. The van der Waals surface area contributed by atoms with Crippen molar-refractivity contribution in [2.24, 2.45) is 5.41 Å². The second-order valence-electron chi connectivity index (χ2n) is 5.49. The van der Waals surface area contributed by atoms with Gasteiger partial charge in [-0.25, -0.2) is 0 Å².